The Balaban J connectivity index is 2.10. The van der Waals surface area contributed by atoms with E-state index in [0.717, 1.165) is 12.0 Å². The van der Waals surface area contributed by atoms with Gasteiger partial charge >= 0.3 is 0 Å². The molecular formula is C15H24ClNO4. The number of hydrogen-bond acceptors (Lipinski definition) is 5. The van der Waals surface area contributed by atoms with Crippen molar-refractivity contribution in [2.24, 2.45) is 5.73 Å². The lowest BCUT2D eigenvalue weighted by molar-refractivity contribution is 0.0180. The predicted octanol–water partition coefficient (Wildman–Crippen LogP) is 1.90. The molecule has 6 heteroatoms. The normalized spacial score (nSPS) is 10.8. The Hall–Kier alpha value is -0.850. The van der Waals surface area contributed by atoms with Crippen LogP contribution in [-0.2, 0) is 20.6 Å². The summed E-state index contributed by atoms with van der Waals surface area (Å²) in [4.78, 5) is 0. The van der Waals surface area contributed by atoms with Gasteiger partial charge in [0.05, 0.1) is 38.1 Å². The van der Waals surface area contributed by atoms with Gasteiger partial charge in [0.15, 0.2) is 0 Å². The summed E-state index contributed by atoms with van der Waals surface area (Å²) in [6.07, 6.45) is 0.812. The molecule has 1 aromatic rings. The van der Waals surface area contributed by atoms with Gasteiger partial charge in [0, 0.05) is 7.11 Å². The average Bonchev–Trinajstić information content (AvgIpc) is 2.48. The smallest absolute Gasteiger partial charge is 0.138 e. The maximum Gasteiger partial charge on any atom is 0.138 e. The second-order valence-electron chi connectivity index (χ2n) is 4.37. The minimum Gasteiger partial charge on any atom is -0.490 e. The summed E-state index contributed by atoms with van der Waals surface area (Å²) < 4.78 is 21.1. The highest BCUT2D eigenvalue weighted by Gasteiger charge is 2.03. The molecule has 0 heterocycles. The van der Waals surface area contributed by atoms with Crippen molar-refractivity contribution in [2.75, 3.05) is 53.3 Å². The molecule has 0 unspecified atom stereocenters. The lowest BCUT2D eigenvalue weighted by Gasteiger charge is -2.10. The third-order valence-electron chi connectivity index (χ3n) is 2.72. The number of benzene rings is 1. The second kappa shape index (κ2) is 11.8. The topological polar surface area (TPSA) is 62.9 Å². The lowest BCUT2D eigenvalue weighted by Crippen LogP contribution is -2.12. The summed E-state index contributed by atoms with van der Waals surface area (Å²) in [7, 11) is 1.64. The van der Waals surface area contributed by atoms with Crippen LogP contribution in [0.5, 0.6) is 5.75 Å². The molecule has 1 rings (SSSR count). The third-order valence-corrected chi connectivity index (χ3v) is 3.01. The van der Waals surface area contributed by atoms with E-state index in [1.807, 2.05) is 18.2 Å². The van der Waals surface area contributed by atoms with Gasteiger partial charge in [-0.25, -0.2) is 0 Å². The SMILES string of the molecule is COCCOCCOCCOc1ccc(CCN)cc1Cl. The number of nitrogens with two attached hydrogens (primary N) is 1. The van der Waals surface area contributed by atoms with E-state index in [1.54, 1.807) is 7.11 Å². The maximum atomic E-state index is 6.14. The minimum absolute atomic E-state index is 0.452. The highest BCUT2D eigenvalue weighted by atomic mass is 35.5. The van der Waals surface area contributed by atoms with Crippen molar-refractivity contribution in [3.8, 4) is 5.75 Å². The first kappa shape index (κ1) is 18.2. The molecule has 0 saturated carbocycles. The van der Waals surface area contributed by atoms with E-state index in [2.05, 4.69) is 0 Å². The molecule has 5 nitrogen and oxygen atoms in total. The number of methoxy groups -OCH3 is 1. The second-order valence-corrected chi connectivity index (χ2v) is 4.78. The van der Waals surface area contributed by atoms with E-state index in [-0.39, 0.29) is 0 Å². The van der Waals surface area contributed by atoms with Crippen molar-refractivity contribution >= 4 is 11.6 Å². The molecule has 0 radical (unpaired) electrons. The fraction of sp³-hybridized carbons (Fsp3) is 0.600. The summed E-state index contributed by atoms with van der Waals surface area (Å²) in [5.74, 6) is 0.664. The molecule has 0 atom stereocenters. The summed E-state index contributed by atoms with van der Waals surface area (Å²) in [5, 5.41) is 0.601. The molecule has 0 saturated heterocycles. The van der Waals surface area contributed by atoms with Crippen molar-refractivity contribution in [1.82, 2.24) is 0 Å². The van der Waals surface area contributed by atoms with Crippen molar-refractivity contribution in [2.45, 2.75) is 6.42 Å². The van der Waals surface area contributed by atoms with Gasteiger partial charge in [0.25, 0.3) is 0 Å². The number of rotatable bonds is 12. The van der Waals surface area contributed by atoms with E-state index in [4.69, 9.17) is 36.3 Å². The first-order valence-electron chi connectivity index (χ1n) is 7.03. The Kier molecular flexibility index (Phi) is 10.2. The average molecular weight is 318 g/mol. The predicted molar refractivity (Wildman–Crippen MR) is 83.2 cm³/mol. The molecule has 2 N–H and O–H groups in total. The van der Waals surface area contributed by atoms with Crippen LogP contribution >= 0.6 is 11.6 Å². The molecule has 0 amide bonds. The molecule has 0 aliphatic heterocycles. The standard InChI is InChI=1S/C15H24ClNO4/c1-18-6-7-19-8-9-20-10-11-21-15-3-2-13(4-5-17)12-14(15)16/h2-3,12H,4-11,17H2,1H3. The summed E-state index contributed by atoms with van der Waals surface area (Å²) in [6, 6.07) is 5.72. The minimum atomic E-state index is 0.452. The largest absolute Gasteiger partial charge is 0.490 e. The van der Waals surface area contributed by atoms with E-state index >= 15 is 0 Å². The van der Waals surface area contributed by atoms with Crippen LogP contribution in [0, 0.1) is 0 Å². The van der Waals surface area contributed by atoms with Crippen LogP contribution in [0.15, 0.2) is 18.2 Å². The van der Waals surface area contributed by atoms with E-state index in [1.165, 1.54) is 0 Å². The van der Waals surface area contributed by atoms with Gasteiger partial charge < -0.3 is 24.7 Å². The van der Waals surface area contributed by atoms with Gasteiger partial charge in [-0.2, -0.15) is 0 Å². The van der Waals surface area contributed by atoms with Gasteiger partial charge in [-0.1, -0.05) is 17.7 Å². The van der Waals surface area contributed by atoms with Crippen molar-refractivity contribution < 1.29 is 18.9 Å². The molecule has 0 fully saturated rings. The van der Waals surface area contributed by atoms with Crippen LogP contribution in [0.4, 0.5) is 0 Å². The fourth-order valence-electron chi connectivity index (χ4n) is 1.66. The van der Waals surface area contributed by atoms with E-state index in [9.17, 15) is 0 Å². The van der Waals surface area contributed by atoms with Gasteiger partial charge in [-0.15, -0.1) is 0 Å². The molecule has 0 spiro atoms. The highest BCUT2D eigenvalue weighted by Crippen LogP contribution is 2.25. The molecule has 0 aliphatic carbocycles. The van der Waals surface area contributed by atoms with Gasteiger partial charge in [-0.3, -0.25) is 0 Å². The number of halogens is 1. The van der Waals surface area contributed by atoms with Crippen molar-refractivity contribution in [3.05, 3.63) is 28.8 Å². The Labute approximate surface area is 131 Å². The van der Waals surface area contributed by atoms with Crippen LogP contribution in [0.2, 0.25) is 5.02 Å². The van der Waals surface area contributed by atoms with Crippen LogP contribution in [0.3, 0.4) is 0 Å². The Bertz CT molecular complexity index is 390. The zero-order valence-electron chi connectivity index (χ0n) is 12.5. The number of ether oxygens (including phenoxy) is 4. The zero-order valence-corrected chi connectivity index (χ0v) is 13.2. The molecule has 120 valence electrons. The van der Waals surface area contributed by atoms with Crippen LogP contribution in [0.1, 0.15) is 5.56 Å². The Morgan fingerprint density at radius 2 is 1.67 bits per heavy atom. The van der Waals surface area contributed by atoms with Crippen LogP contribution < -0.4 is 10.5 Å². The Morgan fingerprint density at radius 1 is 1.00 bits per heavy atom. The van der Waals surface area contributed by atoms with Crippen LogP contribution in [-0.4, -0.2) is 53.3 Å². The highest BCUT2D eigenvalue weighted by molar-refractivity contribution is 6.32. The molecule has 0 aliphatic rings. The lowest BCUT2D eigenvalue weighted by atomic mass is 10.1. The molecule has 1 aromatic carbocycles. The molecule has 21 heavy (non-hydrogen) atoms. The third kappa shape index (κ3) is 8.24. The zero-order chi connectivity index (χ0) is 15.3. The summed E-state index contributed by atoms with van der Waals surface area (Å²) in [5.41, 5.74) is 6.62. The maximum absolute atomic E-state index is 6.14. The summed E-state index contributed by atoms with van der Waals surface area (Å²) in [6.45, 7) is 3.83. The molecule has 0 bridgehead atoms. The first-order chi connectivity index (χ1) is 10.3. The molecule has 0 aromatic heterocycles. The quantitative estimate of drug-likeness (QED) is 0.597. The van der Waals surface area contributed by atoms with Crippen LogP contribution in [0.25, 0.3) is 0 Å². The summed E-state index contributed by atoms with van der Waals surface area (Å²) >= 11 is 6.14. The van der Waals surface area contributed by atoms with Gasteiger partial charge in [0.1, 0.15) is 12.4 Å². The monoisotopic (exact) mass is 317 g/mol. The Morgan fingerprint density at radius 3 is 2.29 bits per heavy atom. The van der Waals surface area contributed by atoms with Gasteiger partial charge in [0.2, 0.25) is 0 Å². The van der Waals surface area contributed by atoms with E-state index < -0.39 is 0 Å². The van der Waals surface area contributed by atoms with E-state index in [0.29, 0.717) is 57.0 Å². The van der Waals surface area contributed by atoms with Crippen molar-refractivity contribution in [3.63, 3.8) is 0 Å². The number of hydrogen-bond donors (Lipinski definition) is 1. The molecular weight excluding hydrogens is 294 g/mol. The fourth-order valence-corrected chi connectivity index (χ4v) is 1.92. The van der Waals surface area contributed by atoms with Crippen molar-refractivity contribution in [1.29, 1.82) is 0 Å². The first-order valence-corrected chi connectivity index (χ1v) is 7.41. The van der Waals surface area contributed by atoms with Gasteiger partial charge in [-0.05, 0) is 30.7 Å².